The maximum Gasteiger partial charge on any atom is 0.252 e. The Balaban J connectivity index is 1.59. The standard InChI is InChI=1S/C15H16N2O4S2/c18-14(6-5-13-3-1-11-21-13)16-7-9-17(10-8-16)23(19,20)15-4-2-12-22-15/h1-6,11-12H,7-10H2/b6-5+. The molecule has 3 heterocycles. The lowest BCUT2D eigenvalue weighted by molar-refractivity contribution is -0.127. The van der Waals surface area contributed by atoms with E-state index in [1.165, 1.54) is 21.7 Å². The Labute approximate surface area is 138 Å². The van der Waals surface area contributed by atoms with E-state index in [0.29, 0.717) is 36.1 Å². The fraction of sp³-hybridized carbons (Fsp3) is 0.267. The van der Waals surface area contributed by atoms with Crippen LogP contribution >= 0.6 is 11.3 Å². The summed E-state index contributed by atoms with van der Waals surface area (Å²) in [4.78, 5) is 13.7. The number of thiophene rings is 1. The molecular formula is C15H16N2O4S2. The van der Waals surface area contributed by atoms with E-state index in [9.17, 15) is 13.2 Å². The highest BCUT2D eigenvalue weighted by Crippen LogP contribution is 2.22. The average Bonchev–Trinajstić information content (AvgIpc) is 3.26. The van der Waals surface area contributed by atoms with Crippen molar-refractivity contribution in [1.29, 1.82) is 0 Å². The topological polar surface area (TPSA) is 70.8 Å². The fourth-order valence-electron chi connectivity index (χ4n) is 2.33. The van der Waals surface area contributed by atoms with Crippen LogP contribution in [0.4, 0.5) is 0 Å². The molecule has 1 aliphatic rings. The van der Waals surface area contributed by atoms with Crippen LogP contribution in [0.25, 0.3) is 6.08 Å². The summed E-state index contributed by atoms with van der Waals surface area (Å²) in [6, 6.07) is 6.83. The van der Waals surface area contributed by atoms with Crippen molar-refractivity contribution >= 4 is 33.3 Å². The number of nitrogens with zero attached hydrogens (tertiary/aromatic N) is 2. The van der Waals surface area contributed by atoms with Crippen molar-refractivity contribution in [3.05, 3.63) is 47.7 Å². The molecule has 23 heavy (non-hydrogen) atoms. The van der Waals surface area contributed by atoms with Crippen LogP contribution in [0.3, 0.4) is 0 Å². The first kappa shape index (κ1) is 16.0. The van der Waals surface area contributed by atoms with Crippen LogP contribution < -0.4 is 0 Å². The molecule has 1 aliphatic heterocycles. The van der Waals surface area contributed by atoms with Crippen LogP contribution in [-0.2, 0) is 14.8 Å². The maximum atomic E-state index is 12.4. The molecule has 3 rings (SSSR count). The molecule has 0 aliphatic carbocycles. The third kappa shape index (κ3) is 3.54. The zero-order chi connectivity index (χ0) is 16.3. The molecule has 1 amide bonds. The van der Waals surface area contributed by atoms with E-state index in [4.69, 9.17) is 4.42 Å². The molecule has 8 heteroatoms. The Hall–Kier alpha value is -1.90. The molecule has 1 fully saturated rings. The first-order valence-corrected chi connectivity index (χ1v) is 9.43. The average molecular weight is 352 g/mol. The summed E-state index contributed by atoms with van der Waals surface area (Å²) < 4.78 is 31.7. The van der Waals surface area contributed by atoms with Crippen molar-refractivity contribution < 1.29 is 17.6 Å². The van der Waals surface area contributed by atoms with Crippen LogP contribution in [0, 0.1) is 0 Å². The zero-order valence-corrected chi connectivity index (χ0v) is 13.9. The molecule has 1 saturated heterocycles. The van der Waals surface area contributed by atoms with Gasteiger partial charge in [-0.1, -0.05) is 6.07 Å². The number of hydrogen-bond acceptors (Lipinski definition) is 5. The van der Waals surface area contributed by atoms with Crippen LogP contribution in [0.1, 0.15) is 5.76 Å². The smallest absolute Gasteiger partial charge is 0.252 e. The molecular weight excluding hydrogens is 336 g/mol. The number of rotatable bonds is 4. The van der Waals surface area contributed by atoms with Crippen LogP contribution in [-0.4, -0.2) is 49.7 Å². The molecule has 2 aromatic heterocycles. The molecule has 6 nitrogen and oxygen atoms in total. The molecule has 122 valence electrons. The molecule has 0 radical (unpaired) electrons. The van der Waals surface area contributed by atoms with E-state index in [1.807, 2.05) is 0 Å². The summed E-state index contributed by atoms with van der Waals surface area (Å²) in [6.07, 6.45) is 4.59. The molecule has 0 atom stereocenters. The summed E-state index contributed by atoms with van der Waals surface area (Å²) in [6.45, 7) is 1.37. The normalized spacial score (nSPS) is 17.0. The van der Waals surface area contributed by atoms with Gasteiger partial charge in [0.1, 0.15) is 9.97 Å². The van der Waals surface area contributed by atoms with E-state index < -0.39 is 10.0 Å². The zero-order valence-electron chi connectivity index (χ0n) is 12.3. The van der Waals surface area contributed by atoms with Gasteiger partial charge in [0.25, 0.3) is 10.0 Å². The molecule has 0 saturated carbocycles. The minimum Gasteiger partial charge on any atom is -0.465 e. The van der Waals surface area contributed by atoms with Gasteiger partial charge in [-0.2, -0.15) is 4.31 Å². The molecule has 0 unspecified atom stereocenters. The molecule has 2 aromatic rings. The lowest BCUT2D eigenvalue weighted by Crippen LogP contribution is -2.50. The largest absolute Gasteiger partial charge is 0.465 e. The summed E-state index contributed by atoms with van der Waals surface area (Å²) in [5, 5.41) is 1.74. The Morgan fingerprint density at radius 3 is 2.57 bits per heavy atom. The highest BCUT2D eigenvalue weighted by atomic mass is 32.2. The van der Waals surface area contributed by atoms with Gasteiger partial charge < -0.3 is 9.32 Å². The lowest BCUT2D eigenvalue weighted by atomic mass is 10.3. The van der Waals surface area contributed by atoms with Gasteiger partial charge in [-0.05, 0) is 29.7 Å². The molecule has 0 N–H and O–H groups in total. The van der Waals surface area contributed by atoms with E-state index in [1.54, 1.807) is 46.9 Å². The molecule has 0 aromatic carbocycles. The van der Waals surface area contributed by atoms with Crippen molar-refractivity contribution in [2.75, 3.05) is 26.2 Å². The number of carbonyl (C=O) groups excluding carboxylic acids is 1. The van der Waals surface area contributed by atoms with Crippen molar-refractivity contribution in [3.63, 3.8) is 0 Å². The quantitative estimate of drug-likeness (QED) is 0.788. The van der Waals surface area contributed by atoms with Gasteiger partial charge in [0.05, 0.1) is 6.26 Å². The second-order valence-corrected chi connectivity index (χ2v) is 8.12. The predicted octanol–water partition coefficient (Wildman–Crippen LogP) is 1.89. The minimum atomic E-state index is -3.43. The highest BCUT2D eigenvalue weighted by molar-refractivity contribution is 7.91. The number of furan rings is 1. The van der Waals surface area contributed by atoms with E-state index in [-0.39, 0.29) is 5.91 Å². The Bertz CT molecular complexity index is 772. The second-order valence-electron chi connectivity index (χ2n) is 5.01. The number of sulfonamides is 1. The third-order valence-electron chi connectivity index (χ3n) is 3.57. The predicted molar refractivity (Wildman–Crippen MR) is 87.4 cm³/mol. The summed E-state index contributed by atoms with van der Waals surface area (Å²) in [7, 11) is -3.43. The van der Waals surface area contributed by atoms with Crippen LogP contribution in [0.15, 0.2) is 50.6 Å². The van der Waals surface area contributed by atoms with Crippen molar-refractivity contribution in [2.45, 2.75) is 4.21 Å². The summed E-state index contributed by atoms with van der Waals surface area (Å²) in [5.74, 6) is 0.465. The number of hydrogen-bond donors (Lipinski definition) is 0. The minimum absolute atomic E-state index is 0.144. The Morgan fingerprint density at radius 1 is 1.17 bits per heavy atom. The van der Waals surface area contributed by atoms with Gasteiger partial charge in [0.2, 0.25) is 5.91 Å². The molecule has 0 spiro atoms. The third-order valence-corrected chi connectivity index (χ3v) is 6.84. The van der Waals surface area contributed by atoms with Gasteiger partial charge in [0.15, 0.2) is 0 Å². The number of amides is 1. The number of piperazine rings is 1. The van der Waals surface area contributed by atoms with Crippen LogP contribution in [0.5, 0.6) is 0 Å². The lowest BCUT2D eigenvalue weighted by Gasteiger charge is -2.33. The van der Waals surface area contributed by atoms with Gasteiger partial charge in [-0.15, -0.1) is 11.3 Å². The van der Waals surface area contributed by atoms with E-state index >= 15 is 0 Å². The summed E-state index contributed by atoms with van der Waals surface area (Å²) >= 11 is 1.21. The van der Waals surface area contributed by atoms with Gasteiger partial charge in [-0.25, -0.2) is 8.42 Å². The SMILES string of the molecule is O=C(/C=C/c1ccco1)N1CCN(S(=O)(=O)c2cccs2)CC1. The first-order valence-electron chi connectivity index (χ1n) is 7.11. The van der Waals surface area contributed by atoms with Gasteiger partial charge in [0, 0.05) is 32.3 Å². The van der Waals surface area contributed by atoms with Gasteiger partial charge in [-0.3, -0.25) is 4.79 Å². The first-order chi connectivity index (χ1) is 11.1. The van der Waals surface area contributed by atoms with Crippen LogP contribution in [0.2, 0.25) is 0 Å². The maximum absolute atomic E-state index is 12.4. The molecule has 0 bridgehead atoms. The second kappa shape index (κ2) is 6.69. The Kier molecular flexibility index (Phi) is 4.65. The Morgan fingerprint density at radius 2 is 1.96 bits per heavy atom. The fourth-order valence-corrected chi connectivity index (χ4v) is 4.90. The van der Waals surface area contributed by atoms with E-state index in [0.717, 1.165) is 0 Å². The van der Waals surface area contributed by atoms with Crippen molar-refractivity contribution in [3.8, 4) is 0 Å². The van der Waals surface area contributed by atoms with E-state index in [2.05, 4.69) is 0 Å². The summed E-state index contributed by atoms with van der Waals surface area (Å²) in [5.41, 5.74) is 0. The van der Waals surface area contributed by atoms with Crippen molar-refractivity contribution in [1.82, 2.24) is 9.21 Å². The van der Waals surface area contributed by atoms with Gasteiger partial charge >= 0.3 is 0 Å². The highest BCUT2D eigenvalue weighted by Gasteiger charge is 2.30. The number of carbonyl (C=O) groups is 1. The van der Waals surface area contributed by atoms with Crippen molar-refractivity contribution in [2.24, 2.45) is 0 Å². The monoisotopic (exact) mass is 352 g/mol.